The second-order valence-corrected chi connectivity index (χ2v) is 10.4. The van der Waals surface area contributed by atoms with Gasteiger partial charge in [0.1, 0.15) is 0 Å². The molecule has 1 aromatic carbocycles. The standard InChI is InChI=1S/C28H36BrN5O/c1-5-19-15-20-11-9-12-22(25(20)33-23(19)6-2)26(35)34-14-10-13-28(7-3,8-4)24(34)18-32-27-30-16-21(29)17-31-27/h9,11-12,15-17,24H,5-8,10,13-14,18H2,1-4H3,(H,30,31,32)/t24-/m1/s1. The van der Waals surface area contributed by atoms with Gasteiger partial charge in [-0.2, -0.15) is 0 Å². The van der Waals surface area contributed by atoms with Crippen LogP contribution in [0, 0.1) is 5.41 Å². The van der Waals surface area contributed by atoms with Gasteiger partial charge in [0, 0.05) is 36.6 Å². The maximum atomic E-state index is 14.2. The van der Waals surface area contributed by atoms with Gasteiger partial charge in [0.25, 0.3) is 5.91 Å². The number of amides is 1. The summed E-state index contributed by atoms with van der Waals surface area (Å²) in [6.07, 6.45) is 9.45. The van der Waals surface area contributed by atoms with Crippen LogP contribution in [0.25, 0.3) is 10.9 Å². The quantitative estimate of drug-likeness (QED) is 0.358. The summed E-state index contributed by atoms with van der Waals surface area (Å²) in [7, 11) is 0. The molecule has 4 rings (SSSR count). The van der Waals surface area contributed by atoms with E-state index in [0.29, 0.717) is 18.1 Å². The van der Waals surface area contributed by atoms with Gasteiger partial charge in [-0.05, 0) is 77.6 Å². The molecule has 1 aliphatic heterocycles. The average Bonchev–Trinajstić information content (AvgIpc) is 2.90. The fraction of sp³-hybridized carbons (Fsp3) is 0.500. The van der Waals surface area contributed by atoms with Gasteiger partial charge in [-0.15, -0.1) is 0 Å². The van der Waals surface area contributed by atoms with Crippen LogP contribution in [0.4, 0.5) is 5.95 Å². The number of nitrogens with one attached hydrogen (secondary N) is 1. The van der Waals surface area contributed by atoms with Crippen LogP contribution in [0.3, 0.4) is 0 Å². The molecule has 3 heterocycles. The molecule has 1 aliphatic rings. The topological polar surface area (TPSA) is 71.0 Å². The zero-order valence-corrected chi connectivity index (χ0v) is 22.9. The normalized spacial score (nSPS) is 17.5. The van der Waals surface area contributed by atoms with Gasteiger partial charge < -0.3 is 10.2 Å². The Hall–Kier alpha value is -2.54. The van der Waals surface area contributed by atoms with Crippen LogP contribution in [0.5, 0.6) is 0 Å². The van der Waals surface area contributed by atoms with E-state index >= 15 is 0 Å². The molecule has 0 unspecified atom stereocenters. The second kappa shape index (κ2) is 11.0. The third-order valence-corrected chi connectivity index (χ3v) is 8.27. The van der Waals surface area contributed by atoms with E-state index in [2.05, 4.69) is 75.9 Å². The van der Waals surface area contributed by atoms with Gasteiger partial charge in [-0.3, -0.25) is 9.78 Å². The lowest BCUT2D eigenvalue weighted by Crippen LogP contribution is -2.57. The Balaban J connectivity index is 1.72. The zero-order chi connectivity index (χ0) is 25.0. The molecule has 0 saturated carbocycles. The van der Waals surface area contributed by atoms with Crippen molar-refractivity contribution in [1.82, 2.24) is 19.9 Å². The molecule has 2 aromatic heterocycles. The molecule has 1 N–H and O–H groups in total. The first kappa shape index (κ1) is 25.5. The molecule has 6 nitrogen and oxygen atoms in total. The highest BCUT2D eigenvalue weighted by Gasteiger charge is 2.44. The molecule has 3 aromatic rings. The van der Waals surface area contributed by atoms with Crippen molar-refractivity contribution in [3.8, 4) is 0 Å². The van der Waals surface area contributed by atoms with Crippen molar-refractivity contribution in [3.63, 3.8) is 0 Å². The Morgan fingerprint density at radius 2 is 1.89 bits per heavy atom. The van der Waals surface area contributed by atoms with Crippen LogP contribution >= 0.6 is 15.9 Å². The van der Waals surface area contributed by atoms with E-state index in [1.807, 2.05) is 12.1 Å². The molecule has 7 heteroatoms. The van der Waals surface area contributed by atoms with E-state index in [-0.39, 0.29) is 17.4 Å². The van der Waals surface area contributed by atoms with Crippen molar-refractivity contribution in [2.75, 3.05) is 18.4 Å². The molecular weight excluding hydrogens is 502 g/mol. The third-order valence-electron chi connectivity index (χ3n) is 7.86. The summed E-state index contributed by atoms with van der Waals surface area (Å²) >= 11 is 3.40. The van der Waals surface area contributed by atoms with Crippen molar-refractivity contribution in [3.05, 3.63) is 58.0 Å². The Kier molecular flexibility index (Phi) is 8.05. The number of hydrogen-bond donors (Lipinski definition) is 1. The van der Waals surface area contributed by atoms with Crippen LogP contribution in [-0.2, 0) is 12.8 Å². The second-order valence-electron chi connectivity index (χ2n) is 9.47. The fourth-order valence-corrected chi connectivity index (χ4v) is 5.92. The highest BCUT2D eigenvalue weighted by molar-refractivity contribution is 9.10. The van der Waals surface area contributed by atoms with Crippen molar-refractivity contribution in [2.24, 2.45) is 5.41 Å². The summed E-state index contributed by atoms with van der Waals surface area (Å²) in [5.41, 5.74) is 3.92. The van der Waals surface area contributed by atoms with Crippen LogP contribution in [-0.4, -0.2) is 44.9 Å². The number of rotatable bonds is 8. The predicted octanol–water partition coefficient (Wildman–Crippen LogP) is 6.44. The highest BCUT2D eigenvalue weighted by Crippen LogP contribution is 2.42. The molecular formula is C28H36BrN5O. The van der Waals surface area contributed by atoms with Crippen LogP contribution < -0.4 is 5.32 Å². The van der Waals surface area contributed by atoms with Crippen molar-refractivity contribution in [2.45, 2.75) is 72.3 Å². The number of aromatic nitrogens is 3. The van der Waals surface area contributed by atoms with Gasteiger partial charge in [-0.25, -0.2) is 9.97 Å². The smallest absolute Gasteiger partial charge is 0.256 e. The first-order valence-corrected chi connectivity index (χ1v) is 13.7. The first-order valence-electron chi connectivity index (χ1n) is 12.9. The molecule has 0 radical (unpaired) electrons. The average molecular weight is 539 g/mol. The van der Waals surface area contributed by atoms with Crippen molar-refractivity contribution in [1.29, 1.82) is 0 Å². The number of piperidine rings is 1. The Labute approximate surface area is 217 Å². The monoisotopic (exact) mass is 537 g/mol. The Morgan fingerprint density at radius 3 is 2.54 bits per heavy atom. The number of halogens is 1. The lowest BCUT2D eigenvalue weighted by Gasteiger charge is -2.50. The number of nitrogens with zero attached hydrogens (tertiary/aromatic N) is 4. The van der Waals surface area contributed by atoms with E-state index in [1.165, 1.54) is 5.56 Å². The lowest BCUT2D eigenvalue weighted by atomic mass is 9.69. The number of anilines is 1. The number of pyridine rings is 1. The van der Waals surface area contributed by atoms with Crippen LogP contribution in [0.1, 0.15) is 75.0 Å². The Bertz CT molecular complexity index is 1180. The largest absolute Gasteiger partial charge is 0.352 e. The maximum absolute atomic E-state index is 14.2. The minimum Gasteiger partial charge on any atom is -0.352 e. The number of hydrogen-bond acceptors (Lipinski definition) is 5. The van der Waals surface area contributed by atoms with E-state index in [9.17, 15) is 4.79 Å². The van der Waals surface area contributed by atoms with E-state index in [0.717, 1.165) is 66.1 Å². The fourth-order valence-electron chi connectivity index (χ4n) is 5.71. The van der Waals surface area contributed by atoms with E-state index in [1.54, 1.807) is 12.4 Å². The van der Waals surface area contributed by atoms with Gasteiger partial charge >= 0.3 is 0 Å². The molecule has 1 saturated heterocycles. The summed E-state index contributed by atoms with van der Waals surface area (Å²) in [5, 5.41) is 4.46. The van der Waals surface area contributed by atoms with E-state index < -0.39 is 0 Å². The van der Waals surface area contributed by atoms with Crippen LogP contribution in [0.2, 0.25) is 0 Å². The van der Waals surface area contributed by atoms with Crippen molar-refractivity contribution < 1.29 is 4.79 Å². The highest BCUT2D eigenvalue weighted by atomic mass is 79.9. The first-order chi connectivity index (χ1) is 17.0. The lowest BCUT2D eigenvalue weighted by molar-refractivity contribution is 0.0138. The molecule has 1 fully saturated rings. The number of carbonyl (C=O) groups is 1. The minimum atomic E-state index is 0.0433. The number of carbonyl (C=O) groups excluding carboxylic acids is 1. The summed E-state index contributed by atoms with van der Waals surface area (Å²) in [4.78, 5) is 30.0. The summed E-state index contributed by atoms with van der Waals surface area (Å²) in [6.45, 7) is 10.2. The van der Waals surface area contributed by atoms with Gasteiger partial charge in [-0.1, -0.05) is 39.8 Å². The third kappa shape index (κ3) is 5.06. The number of likely N-dealkylation sites (tertiary alicyclic amines) is 1. The van der Waals surface area contributed by atoms with Crippen molar-refractivity contribution >= 4 is 38.7 Å². The molecule has 1 atom stereocenters. The minimum absolute atomic E-state index is 0.0433. The van der Waals surface area contributed by atoms with Gasteiger partial charge in [0.2, 0.25) is 5.95 Å². The zero-order valence-electron chi connectivity index (χ0n) is 21.3. The molecule has 35 heavy (non-hydrogen) atoms. The number of benzene rings is 1. The van der Waals surface area contributed by atoms with Gasteiger partial charge in [0.05, 0.1) is 21.6 Å². The molecule has 0 spiro atoms. The number of para-hydroxylation sites is 1. The predicted molar refractivity (Wildman–Crippen MR) is 146 cm³/mol. The van der Waals surface area contributed by atoms with Gasteiger partial charge in [0.15, 0.2) is 0 Å². The van der Waals surface area contributed by atoms with E-state index in [4.69, 9.17) is 4.98 Å². The maximum Gasteiger partial charge on any atom is 0.256 e. The number of fused-ring (bicyclic) bond motifs is 1. The van der Waals surface area contributed by atoms with Crippen LogP contribution in [0.15, 0.2) is 41.1 Å². The molecule has 1 amide bonds. The number of aryl methyl sites for hydroxylation is 2. The molecule has 0 bridgehead atoms. The summed E-state index contributed by atoms with van der Waals surface area (Å²) in [6, 6.07) is 8.25. The molecule has 0 aliphatic carbocycles. The summed E-state index contributed by atoms with van der Waals surface area (Å²) in [5.74, 6) is 0.655. The summed E-state index contributed by atoms with van der Waals surface area (Å²) < 4.78 is 0.843. The molecule has 186 valence electrons. The SMILES string of the molecule is CCc1cc2cccc(C(=O)N3CCCC(CC)(CC)[C@H]3CNc3ncc(Br)cn3)c2nc1CC. The Morgan fingerprint density at radius 1 is 1.14 bits per heavy atom.